The Kier molecular flexibility index (Phi) is 7.39. The molecule has 0 N–H and O–H groups in total. The molecular formula is C7H11Cl2SiTi-. The average Bonchev–Trinajstić information content (AvgIpc) is 2.08. The van der Waals surface area contributed by atoms with Crippen LogP contribution in [0.5, 0.6) is 0 Å². The average molecular weight is 242 g/mol. The van der Waals surface area contributed by atoms with Crippen LogP contribution in [0.2, 0.25) is 13.1 Å². The van der Waals surface area contributed by atoms with Crippen molar-refractivity contribution in [1.82, 2.24) is 0 Å². The fraction of sp³-hybridized carbons (Fsp3) is 0.429. The van der Waals surface area contributed by atoms with Crippen LogP contribution in [0, 0.1) is 6.08 Å². The number of rotatable bonds is 1. The maximum atomic E-state index is 6.13. The maximum Gasteiger partial charge on any atom is 0.145 e. The van der Waals surface area contributed by atoms with Gasteiger partial charge in [0.25, 0.3) is 0 Å². The molecule has 0 nitrogen and oxygen atoms in total. The minimum Gasteiger partial charge on any atom is -0.272 e. The zero-order valence-corrected chi connectivity index (χ0v) is 10.8. The molecule has 4 heteroatoms. The van der Waals surface area contributed by atoms with Crippen LogP contribution < -0.4 is 0 Å². The summed E-state index contributed by atoms with van der Waals surface area (Å²) < 4.78 is 0. The summed E-state index contributed by atoms with van der Waals surface area (Å²) >= 11 is 6.13. The molecule has 1 aliphatic carbocycles. The van der Waals surface area contributed by atoms with E-state index in [4.69, 9.17) is 11.1 Å². The summed E-state index contributed by atoms with van der Waals surface area (Å²) in [5, 5.41) is 1.25. The number of halogens is 2. The van der Waals surface area contributed by atoms with Crippen LogP contribution in [0.4, 0.5) is 0 Å². The van der Waals surface area contributed by atoms with Crippen LogP contribution in [0.3, 0.4) is 0 Å². The molecule has 0 aromatic rings. The van der Waals surface area contributed by atoms with Crippen molar-refractivity contribution in [2.75, 3.05) is 0 Å². The van der Waals surface area contributed by atoms with E-state index in [2.05, 4.69) is 31.3 Å². The van der Waals surface area contributed by atoms with Gasteiger partial charge in [-0.2, -0.15) is 17.2 Å². The molecule has 0 heterocycles. The van der Waals surface area contributed by atoms with Crippen molar-refractivity contribution < 1.29 is 21.7 Å². The first-order valence-electron chi connectivity index (χ1n) is 3.07. The van der Waals surface area contributed by atoms with Crippen LogP contribution in [-0.2, 0) is 21.7 Å². The number of hydrogen-bond acceptors (Lipinski definition) is 0. The standard InChI is InChI=1S/C7H10ClSi.ClH.Ti/c1-9(2,8)7-5-3-4-6-7;;/h3,5H,4H2,1-2H3;1H;/q-1;;. The Morgan fingerprint density at radius 2 is 2.09 bits per heavy atom. The normalized spacial score (nSPS) is 15.0. The zero-order chi connectivity index (χ0) is 6.91. The van der Waals surface area contributed by atoms with Crippen molar-refractivity contribution in [2.24, 2.45) is 0 Å². The van der Waals surface area contributed by atoms with Gasteiger partial charge in [0.15, 0.2) is 0 Å². The first-order chi connectivity index (χ1) is 4.11. The molecule has 1 rings (SSSR count). The zero-order valence-electron chi connectivity index (χ0n) is 6.65. The van der Waals surface area contributed by atoms with E-state index in [9.17, 15) is 0 Å². The van der Waals surface area contributed by atoms with Crippen molar-refractivity contribution in [2.45, 2.75) is 19.5 Å². The van der Waals surface area contributed by atoms with Crippen molar-refractivity contribution >= 4 is 30.9 Å². The van der Waals surface area contributed by atoms with Gasteiger partial charge in [0, 0.05) is 21.7 Å². The third-order valence-corrected chi connectivity index (χ3v) is 3.57. The summed E-state index contributed by atoms with van der Waals surface area (Å²) in [6.07, 6.45) is 8.39. The molecule has 62 valence electrons. The molecule has 1 aliphatic rings. The third-order valence-electron chi connectivity index (χ3n) is 1.34. The quantitative estimate of drug-likeness (QED) is 0.376. The molecule has 0 aliphatic heterocycles. The third kappa shape index (κ3) is 4.54. The van der Waals surface area contributed by atoms with Gasteiger partial charge in [0.05, 0.1) is 0 Å². The molecule has 0 radical (unpaired) electrons. The van der Waals surface area contributed by atoms with E-state index >= 15 is 0 Å². The topological polar surface area (TPSA) is 0 Å². The van der Waals surface area contributed by atoms with E-state index in [-0.39, 0.29) is 34.1 Å². The van der Waals surface area contributed by atoms with Crippen LogP contribution in [0.25, 0.3) is 0 Å². The van der Waals surface area contributed by atoms with E-state index in [0.29, 0.717) is 0 Å². The molecule has 0 saturated carbocycles. The Bertz CT molecular complexity index is 170. The smallest absolute Gasteiger partial charge is 0.145 e. The summed E-state index contributed by atoms with van der Waals surface area (Å²) in [6.45, 7) is 4.24. The Morgan fingerprint density at radius 1 is 1.55 bits per heavy atom. The molecule has 0 aromatic carbocycles. The van der Waals surface area contributed by atoms with Crippen molar-refractivity contribution in [3.63, 3.8) is 0 Å². The first kappa shape index (κ1) is 14.5. The van der Waals surface area contributed by atoms with Gasteiger partial charge >= 0.3 is 0 Å². The Hall–Kier alpha value is 0.991. The second-order valence-electron chi connectivity index (χ2n) is 2.67. The summed E-state index contributed by atoms with van der Waals surface area (Å²) in [5.41, 5.74) is 0. The number of allylic oxidation sites excluding steroid dienone is 4. The fourth-order valence-electron chi connectivity index (χ4n) is 0.813. The molecule has 0 bridgehead atoms. The fourth-order valence-corrected chi connectivity index (χ4v) is 2.24. The summed E-state index contributed by atoms with van der Waals surface area (Å²) in [4.78, 5) is 0. The minimum atomic E-state index is -1.53. The van der Waals surface area contributed by atoms with Gasteiger partial charge in [-0.25, -0.2) is 11.3 Å². The Balaban J connectivity index is 0. The molecule has 0 fully saturated rings. The molecule has 11 heavy (non-hydrogen) atoms. The SMILES string of the molecule is C[Si](C)(Cl)C1=[C-]CC=C1.Cl.[Ti]. The van der Waals surface area contributed by atoms with Gasteiger partial charge in [0.1, 0.15) is 7.38 Å². The summed E-state index contributed by atoms with van der Waals surface area (Å²) in [5.74, 6) is 0. The van der Waals surface area contributed by atoms with E-state index in [1.54, 1.807) is 0 Å². The summed E-state index contributed by atoms with van der Waals surface area (Å²) in [7, 11) is -1.53. The van der Waals surface area contributed by atoms with Crippen molar-refractivity contribution in [3.05, 3.63) is 23.4 Å². The first-order valence-corrected chi connectivity index (χ1v) is 7.08. The second kappa shape index (κ2) is 5.60. The van der Waals surface area contributed by atoms with E-state index in [0.717, 1.165) is 6.42 Å². The Morgan fingerprint density at radius 3 is 2.27 bits per heavy atom. The predicted molar refractivity (Wildman–Crippen MR) is 51.1 cm³/mol. The van der Waals surface area contributed by atoms with Gasteiger partial charge in [-0.1, -0.05) is 13.1 Å². The monoisotopic (exact) mass is 241 g/mol. The van der Waals surface area contributed by atoms with Gasteiger partial charge in [-0.15, -0.1) is 18.8 Å². The van der Waals surface area contributed by atoms with Crippen LogP contribution >= 0.6 is 23.5 Å². The predicted octanol–water partition coefficient (Wildman–Crippen LogP) is 3.08. The molecular weight excluding hydrogens is 231 g/mol. The molecule has 0 amide bonds. The van der Waals surface area contributed by atoms with Crippen molar-refractivity contribution in [1.29, 1.82) is 0 Å². The molecule has 0 unspecified atom stereocenters. The van der Waals surface area contributed by atoms with Gasteiger partial charge < -0.3 is 0 Å². The van der Waals surface area contributed by atoms with Crippen molar-refractivity contribution in [3.8, 4) is 0 Å². The van der Waals surface area contributed by atoms with Crippen LogP contribution in [0.15, 0.2) is 17.3 Å². The number of hydrogen-bond donors (Lipinski definition) is 0. The second-order valence-corrected chi connectivity index (χ2v) is 8.99. The van der Waals surface area contributed by atoms with Crippen LogP contribution in [-0.4, -0.2) is 7.38 Å². The molecule has 0 atom stereocenters. The maximum absolute atomic E-state index is 6.13. The van der Waals surface area contributed by atoms with Gasteiger partial charge in [-0.3, -0.25) is 6.08 Å². The van der Waals surface area contributed by atoms with E-state index < -0.39 is 7.38 Å². The van der Waals surface area contributed by atoms with Crippen LogP contribution in [0.1, 0.15) is 6.42 Å². The molecule has 0 spiro atoms. The van der Waals surface area contributed by atoms with E-state index in [1.165, 1.54) is 5.20 Å². The Labute approximate surface area is 95.1 Å². The largest absolute Gasteiger partial charge is 0.272 e. The van der Waals surface area contributed by atoms with Gasteiger partial charge in [0.2, 0.25) is 0 Å². The molecule has 0 saturated heterocycles. The van der Waals surface area contributed by atoms with E-state index in [1.807, 2.05) is 0 Å². The molecule has 0 aromatic heterocycles. The summed E-state index contributed by atoms with van der Waals surface area (Å²) in [6, 6.07) is 0. The minimum absolute atomic E-state index is 0. The van der Waals surface area contributed by atoms with Gasteiger partial charge in [-0.05, 0) is 0 Å².